The van der Waals surface area contributed by atoms with E-state index in [0.29, 0.717) is 25.7 Å². The average Bonchev–Trinajstić information content (AvgIpc) is 2.94. The number of nitrogens with zero attached hydrogens (tertiary/aromatic N) is 1. The smallest absolute Gasteiger partial charge is 0.327 e. The molecular weight excluding hydrogens is 258 g/mol. The van der Waals surface area contributed by atoms with Gasteiger partial charge in [0.05, 0.1) is 11.5 Å². The van der Waals surface area contributed by atoms with Crippen molar-refractivity contribution >= 4 is 11.9 Å². The van der Waals surface area contributed by atoms with Crippen LogP contribution in [0.2, 0.25) is 0 Å². The standard InChI is InChI=1S/C15H19NO4/c1-4-13(2,3)11(17)20-14-5-9-10(6-14)19-12(18)15(9,7-14)8-16/h9-10H,4-7H2,1-3H3. The lowest BCUT2D eigenvalue weighted by molar-refractivity contribution is -0.171. The first-order valence-electron chi connectivity index (χ1n) is 7.14. The van der Waals surface area contributed by atoms with Crippen LogP contribution in [0.5, 0.6) is 0 Å². The molecule has 3 fully saturated rings. The van der Waals surface area contributed by atoms with E-state index < -0.39 is 22.4 Å². The Morgan fingerprint density at radius 1 is 1.55 bits per heavy atom. The second-order valence-electron chi connectivity index (χ2n) is 7.03. The second-order valence-corrected chi connectivity index (χ2v) is 7.03. The van der Waals surface area contributed by atoms with Gasteiger partial charge in [-0.25, -0.2) is 0 Å². The fraction of sp³-hybridized carbons (Fsp3) is 0.800. The first-order valence-corrected chi connectivity index (χ1v) is 7.14. The van der Waals surface area contributed by atoms with E-state index in [1.54, 1.807) is 0 Å². The van der Waals surface area contributed by atoms with Crippen molar-refractivity contribution in [3.63, 3.8) is 0 Å². The largest absolute Gasteiger partial charge is 0.461 e. The molecule has 0 aromatic heterocycles. The molecular formula is C15H19NO4. The highest BCUT2D eigenvalue weighted by Gasteiger charge is 2.74. The molecule has 2 bridgehead atoms. The third kappa shape index (κ3) is 1.48. The van der Waals surface area contributed by atoms with Gasteiger partial charge >= 0.3 is 11.9 Å². The molecule has 4 atom stereocenters. The number of nitriles is 1. The molecule has 1 saturated heterocycles. The molecule has 2 aliphatic carbocycles. The van der Waals surface area contributed by atoms with Gasteiger partial charge in [0.25, 0.3) is 0 Å². The van der Waals surface area contributed by atoms with Gasteiger partial charge in [0.15, 0.2) is 5.41 Å². The predicted molar refractivity (Wildman–Crippen MR) is 68.2 cm³/mol. The number of hydrogen-bond acceptors (Lipinski definition) is 5. The SMILES string of the molecule is CCC(C)(C)C(=O)OC12CC3OC(=O)C(C#N)(C1)C3C2. The maximum atomic E-state index is 12.3. The Balaban J connectivity index is 1.86. The molecule has 20 heavy (non-hydrogen) atoms. The Labute approximate surface area is 118 Å². The van der Waals surface area contributed by atoms with Crippen molar-refractivity contribution in [1.82, 2.24) is 0 Å². The van der Waals surface area contributed by atoms with Crippen LogP contribution < -0.4 is 0 Å². The summed E-state index contributed by atoms with van der Waals surface area (Å²) in [6.45, 7) is 5.64. The van der Waals surface area contributed by atoms with E-state index in [1.165, 1.54) is 0 Å². The van der Waals surface area contributed by atoms with E-state index in [-0.39, 0.29) is 18.0 Å². The van der Waals surface area contributed by atoms with Gasteiger partial charge in [-0.1, -0.05) is 6.92 Å². The Bertz CT molecular complexity index is 534. The molecule has 3 rings (SSSR count). The number of carbonyl (C=O) groups excluding carboxylic acids is 2. The van der Waals surface area contributed by atoms with Crippen molar-refractivity contribution < 1.29 is 19.1 Å². The van der Waals surface area contributed by atoms with Crippen LogP contribution in [-0.4, -0.2) is 23.6 Å². The summed E-state index contributed by atoms with van der Waals surface area (Å²) in [6, 6.07) is 2.13. The molecule has 108 valence electrons. The van der Waals surface area contributed by atoms with Crippen molar-refractivity contribution in [2.24, 2.45) is 16.7 Å². The number of fused-ring (bicyclic) bond motifs is 1. The van der Waals surface area contributed by atoms with Gasteiger partial charge in [-0.15, -0.1) is 0 Å². The van der Waals surface area contributed by atoms with Crippen molar-refractivity contribution in [1.29, 1.82) is 5.26 Å². The molecule has 0 aromatic rings. The molecule has 0 amide bonds. The van der Waals surface area contributed by atoms with Gasteiger partial charge in [0.1, 0.15) is 11.7 Å². The number of carbonyl (C=O) groups is 2. The first kappa shape index (κ1) is 13.4. The lowest BCUT2D eigenvalue weighted by Crippen LogP contribution is -2.41. The van der Waals surface area contributed by atoms with Crippen LogP contribution in [0.15, 0.2) is 0 Å². The minimum absolute atomic E-state index is 0.113. The number of rotatable bonds is 3. The quantitative estimate of drug-likeness (QED) is 0.737. The molecule has 1 aliphatic heterocycles. The maximum Gasteiger partial charge on any atom is 0.327 e. The minimum atomic E-state index is -1.08. The van der Waals surface area contributed by atoms with Crippen LogP contribution in [0.3, 0.4) is 0 Å². The van der Waals surface area contributed by atoms with Crippen LogP contribution >= 0.6 is 0 Å². The molecule has 3 aliphatic rings. The van der Waals surface area contributed by atoms with Crippen LogP contribution in [0.25, 0.3) is 0 Å². The van der Waals surface area contributed by atoms with Crippen LogP contribution in [-0.2, 0) is 19.1 Å². The zero-order chi connectivity index (χ0) is 14.8. The summed E-state index contributed by atoms with van der Waals surface area (Å²) in [6.07, 6.45) is 1.84. The molecule has 0 N–H and O–H groups in total. The van der Waals surface area contributed by atoms with E-state index in [9.17, 15) is 14.9 Å². The Morgan fingerprint density at radius 3 is 2.80 bits per heavy atom. The Kier molecular flexibility index (Phi) is 2.51. The van der Waals surface area contributed by atoms with Gasteiger partial charge in [0.2, 0.25) is 0 Å². The number of hydrogen-bond donors (Lipinski definition) is 0. The lowest BCUT2D eigenvalue weighted by Gasteiger charge is -2.33. The first-order chi connectivity index (χ1) is 9.28. The fourth-order valence-corrected chi connectivity index (χ4v) is 3.76. The van der Waals surface area contributed by atoms with Gasteiger partial charge in [-0.05, 0) is 26.7 Å². The van der Waals surface area contributed by atoms with Crippen molar-refractivity contribution in [2.75, 3.05) is 0 Å². The molecule has 0 aromatic carbocycles. The molecule has 0 radical (unpaired) electrons. The number of ether oxygens (including phenoxy) is 2. The van der Waals surface area contributed by atoms with Crippen LogP contribution in [0.1, 0.15) is 46.5 Å². The van der Waals surface area contributed by atoms with Gasteiger partial charge < -0.3 is 9.47 Å². The zero-order valence-electron chi connectivity index (χ0n) is 12.1. The van der Waals surface area contributed by atoms with Gasteiger partial charge in [-0.3, -0.25) is 9.59 Å². The summed E-state index contributed by atoms with van der Waals surface area (Å²) in [5.41, 5.74) is -2.31. The third-order valence-electron chi connectivity index (χ3n) is 5.42. The summed E-state index contributed by atoms with van der Waals surface area (Å²) < 4.78 is 11.1. The third-order valence-corrected chi connectivity index (χ3v) is 5.42. The van der Waals surface area contributed by atoms with E-state index >= 15 is 0 Å². The van der Waals surface area contributed by atoms with Crippen LogP contribution in [0, 0.1) is 28.1 Å². The molecule has 5 heteroatoms. The summed E-state index contributed by atoms with van der Waals surface area (Å²) in [4.78, 5) is 24.3. The Morgan fingerprint density at radius 2 is 2.25 bits per heavy atom. The maximum absolute atomic E-state index is 12.3. The van der Waals surface area contributed by atoms with Crippen molar-refractivity contribution in [3.05, 3.63) is 0 Å². The average molecular weight is 277 g/mol. The summed E-state index contributed by atoms with van der Waals surface area (Å²) in [5, 5.41) is 9.40. The molecule has 2 saturated carbocycles. The number of esters is 2. The van der Waals surface area contributed by atoms with Crippen LogP contribution in [0.4, 0.5) is 0 Å². The molecule has 5 nitrogen and oxygen atoms in total. The Hall–Kier alpha value is -1.57. The molecule has 4 unspecified atom stereocenters. The highest BCUT2D eigenvalue weighted by Crippen LogP contribution is 2.64. The predicted octanol–water partition coefficient (Wildman–Crippen LogP) is 1.95. The van der Waals surface area contributed by atoms with E-state index in [2.05, 4.69) is 6.07 Å². The zero-order valence-corrected chi connectivity index (χ0v) is 12.1. The molecule has 0 spiro atoms. The molecule has 1 heterocycles. The summed E-state index contributed by atoms with van der Waals surface area (Å²) in [5.74, 6) is -0.791. The van der Waals surface area contributed by atoms with Crippen molar-refractivity contribution in [3.8, 4) is 6.07 Å². The van der Waals surface area contributed by atoms with E-state index in [4.69, 9.17) is 9.47 Å². The van der Waals surface area contributed by atoms with E-state index in [0.717, 1.165) is 0 Å². The van der Waals surface area contributed by atoms with E-state index in [1.807, 2.05) is 20.8 Å². The van der Waals surface area contributed by atoms with Gasteiger partial charge in [0, 0.05) is 18.8 Å². The highest BCUT2D eigenvalue weighted by molar-refractivity contribution is 5.85. The fourth-order valence-electron chi connectivity index (χ4n) is 3.76. The topological polar surface area (TPSA) is 76.4 Å². The minimum Gasteiger partial charge on any atom is -0.461 e. The summed E-state index contributed by atoms with van der Waals surface area (Å²) >= 11 is 0. The van der Waals surface area contributed by atoms with Gasteiger partial charge in [-0.2, -0.15) is 5.26 Å². The normalized spacial score (nSPS) is 41.4. The highest BCUT2D eigenvalue weighted by atomic mass is 16.6. The second kappa shape index (κ2) is 3.75. The van der Waals surface area contributed by atoms with Crippen molar-refractivity contribution in [2.45, 2.75) is 58.2 Å². The summed E-state index contributed by atoms with van der Waals surface area (Å²) in [7, 11) is 0. The lowest BCUT2D eigenvalue weighted by atomic mass is 9.74. The monoisotopic (exact) mass is 277 g/mol.